The summed E-state index contributed by atoms with van der Waals surface area (Å²) in [6.07, 6.45) is 3.99. The van der Waals surface area contributed by atoms with Crippen molar-refractivity contribution >= 4 is 23.0 Å². The lowest BCUT2D eigenvalue weighted by Gasteiger charge is -2.07. The van der Waals surface area contributed by atoms with Crippen molar-refractivity contribution in [3.63, 3.8) is 0 Å². The molecule has 0 atom stereocenters. The fraction of sp³-hybridized carbons (Fsp3) is 0.294. The first-order valence-corrected chi connectivity index (χ1v) is 7.20. The maximum Gasteiger partial charge on any atom is 0.330 e. The lowest BCUT2D eigenvalue weighted by Crippen LogP contribution is -2.03. The molecule has 0 fully saturated rings. The first-order valence-electron chi connectivity index (χ1n) is 7.20. The Balaban J connectivity index is 2.53. The number of fused-ring (bicyclic) bond motifs is 1. The quantitative estimate of drug-likeness (QED) is 0.678. The monoisotopic (exact) mass is 302 g/mol. The smallest absolute Gasteiger partial charge is 0.330 e. The van der Waals surface area contributed by atoms with Crippen molar-refractivity contribution in [1.29, 1.82) is 0 Å². The highest BCUT2D eigenvalue weighted by molar-refractivity contribution is 5.87. The molecule has 0 aliphatic rings. The Labute approximate surface area is 127 Å². The summed E-state index contributed by atoms with van der Waals surface area (Å²) in [6.45, 7) is 3.96. The number of carbonyl (C=O) groups is 1. The molecule has 5 heteroatoms. The van der Waals surface area contributed by atoms with E-state index in [0.717, 1.165) is 6.42 Å². The Morgan fingerprint density at radius 1 is 1.36 bits per heavy atom. The summed E-state index contributed by atoms with van der Waals surface area (Å²) in [5, 5.41) is 10.4. The number of ether oxygens (including phenoxy) is 1. The lowest BCUT2D eigenvalue weighted by atomic mass is 10.0. The van der Waals surface area contributed by atoms with E-state index in [9.17, 15) is 14.7 Å². The molecule has 2 aromatic rings. The molecular weight excluding hydrogens is 284 g/mol. The van der Waals surface area contributed by atoms with Gasteiger partial charge in [-0.15, -0.1) is 0 Å². The van der Waals surface area contributed by atoms with Crippen LogP contribution in [0.4, 0.5) is 0 Å². The van der Waals surface area contributed by atoms with Crippen LogP contribution < -0.4 is 5.43 Å². The van der Waals surface area contributed by atoms with Crippen LogP contribution in [-0.4, -0.2) is 17.7 Å². The number of aromatic hydroxyl groups is 1. The normalized spacial score (nSPS) is 11.2. The first-order chi connectivity index (χ1) is 10.6. The van der Waals surface area contributed by atoms with Crippen molar-refractivity contribution in [2.24, 2.45) is 0 Å². The van der Waals surface area contributed by atoms with E-state index in [4.69, 9.17) is 9.15 Å². The minimum absolute atomic E-state index is 0.101. The third-order valence-corrected chi connectivity index (χ3v) is 3.16. The molecule has 2 rings (SSSR count). The van der Waals surface area contributed by atoms with E-state index in [0.29, 0.717) is 23.0 Å². The van der Waals surface area contributed by atoms with Crippen LogP contribution in [0.15, 0.2) is 33.5 Å². The van der Waals surface area contributed by atoms with Crippen molar-refractivity contribution in [2.45, 2.75) is 26.7 Å². The second kappa shape index (κ2) is 6.93. The summed E-state index contributed by atoms with van der Waals surface area (Å²) in [6, 6.07) is 4.34. The van der Waals surface area contributed by atoms with Gasteiger partial charge in [-0.25, -0.2) is 4.79 Å². The van der Waals surface area contributed by atoms with Crippen LogP contribution in [0.5, 0.6) is 5.75 Å². The SMILES string of the molecule is CCCc1c(O)ccc2c(=O)cc(C=CC(=O)OCC)oc12. The van der Waals surface area contributed by atoms with Gasteiger partial charge in [-0.2, -0.15) is 0 Å². The van der Waals surface area contributed by atoms with Gasteiger partial charge in [0.25, 0.3) is 0 Å². The maximum atomic E-state index is 12.1. The molecule has 0 aliphatic carbocycles. The molecule has 0 unspecified atom stereocenters. The molecule has 0 saturated heterocycles. The van der Waals surface area contributed by atoms with Gasteiger partial charge in [-0.3, -0.25) is 4.79 Å². The number of hydrogen-bond donors (Lipinski definition) is 1. The summed E-state index contributed by atoms with van der Waals surface area (Å²) in [4.78, 5) is 23.5. The first kappa shape index (κ1) is 15.8. The van der Waals surface area contributed by atoms with E-state index in [1.165, 1.54) is 30.4 Å². The highest BCUT2D eigenvalue weighted by Crippen LogP contribution is 2.27. The highest BCUT2D eigenvalue weighted by atomic mass is 16.5. The summed E-state index contributed by atoms with van der Waals surface area (Å²) < 4.78 is 10.5. The molecule has 1 heterocycles. The topological polar surface area (TPSA) is 76.7 Å². The molecular formula is C17H18O5. The van der Waals surface area contributed by atoms with Gasteiger partial charge < -0.3 is 14.3 Å². The van der Waals surface area contributed by atoms with Gasteiger partial charge in [-0.1, -0.05) is 13.3 Å². The third kappa shape index (κ3) is 3.36. The fourth-order valence-corrected chi connectivity index (χ4v) is 2.20. The molecule has 0 radical (unpaired) electrons. The molecule has 116 valence electrons. The summed E-state index contributed by atoms with van der Waals surface area (Å²) in [5.74, 6) is -0.160. The Bertz CT molecular complexity index is 770. The zero-order valence-electron chi connectivity index (χ0n) is 12.6. The van der Waals surface area contributed by atoms with E-state index in [1.807, 2.05) is 6.92 Å². The standard InChI is InChI=1S/C17H18O5/c1-3-5-12-14(18)8-7-13-15(19)10-11(22-17(12)13)6-9-16(20)21-4-2/h6-10,18H,3-5H2,1-2H3. The lowest BCUT2D eigenvalue weighted by molar-refractivity contribution is -0.137. The van der Waals surface area contributed by atoms with Gasteiger partial charge in [0.1, 0.15) is 17.1 Å². The van der Waals surface area contributed by atoms with Gasteiger partial charge in [0.05, 0.1) is 12.0 Å². The fourth-order valence-electron chi connectivity index (χ4n) is 2.20. The van der Waals surface area contributed by atoms with Gasteiger partial charge in [-0.05, 0) is 31.6 Å². The summed E-state index contributed by atoms with van der Waals surface area (Å²) >= 11 is 0. The number of phenols is 1. The number of hydrogen-bond acceptors (Lipinski definition) is 5. The summed E-state index contributed by atoms with van der Waals surface area (Å²) in [7, 11) is 0. The van der Waals surface area contributed by atoms with Gasteiger partial charge in [0, 0.05) is 17.7 Å². The molecule has 0 aliphatic heterocycles. The molecule has 5 nitrogen and oxygen atoms in total. The van der Waals surface area contributed by atoms with Crippen molar-refractivity contribution in [3.8, 4) is 5.75 Å². The van der Waals surface area contributed by atoms with E-state index >= 15 is 0 Å². The second-order valence-corrected chi connectivity index (χ2v) is 4.79. The van der Waals surface area contributed by atoms with Gasteiger partial charge >= 0.3 is 5.97 Å². The average molecular weight is 302 g/mol. The molecule has 0 bridgehead atoms. The van der Waals surface area contributed by atoms with Crippen LogP contribution >= 0.6 is 0 Å². The Kier molecular flexibility index (Phi) is 4.99. The van der Waals surface area contributed by atoms with Crippen molar-refractivity contribution in [1.82, 2.24) is 0 Å². The van der Waals surface area contributed by atoms with Crippen LogP contribution in [0, 0.1) is 0 Å². The average Bonchev–Trinajstić information content (AvgIpc) is 2.48. The largest absolute Gasteiger partial charge is 0.508 e. The second-order valence-electron chi connectivity index (χ2n) is 4.79. The zero-order valence-corrected chi connectivity index (χ0v) is 12.6. The molecule has 0 amide bonds. The van der Waals surface area contributed by atoms with E-state index in [1.54, 1.807) is 6.92 Å². The molecule has 22 heavy (non-hydrogen) atoms. The number of carbonyl (C=O) groups excluding carboxylic acids is 1. The highest BCUT2D eigenvalue weighted by Gasteiger charge is 2.12. The minimum Gasteiger partial charge on any atom is -0.508 e. The van der Waals surface area contributed by atoms with Crippen LogP contribution in [0.2, 0.25) is 0 Å². The van der Waals surface area contributed by atoms with Crippen LogP contribution in [0.3, 0.4) is 0 Å². The van der Waals surface area contributed by atoms with Crippen LogP contribution in [-0.2, 0) is 16.0 Å². The predicted molar refractivity (Wildman–Crippen MR) is 83.8 cm³/mol. The Hall–Kier alpha value is -2.56. The van der Waals surface area contributed by atoms with Crippen LogP contribution in [0.25, 0.3) is 17.0 Å². The van der Waals surface area contributed by atoms with Gasteiger partial charge in [0.15, 0.2) is 5.43 Å². The van der Waals surface area contributed by atoms with E-state index < -0.39 is 5.97 Å². The van der Waals surface area contributed by atoms with Crippen molar-refractivity contribution < 1.29 is 19.1 Å². The summed E-state index contributed by atoms with van der Waals surface area (Å²) in [5.41, 5.74) is 0.739. The molecule has 1 aromatic heterocycles. The Morgan fingerprint density at radius 2 is 2.14 bits per heavy atom. The molecule has 1 aromatic carbocycles. The number of benzene rings is 1. The number of rotatable bonds is 5. The minimum atomic E-state index is -0.505. The van der Waals surface area contributed by atoms with Crippen molar-refractivity contribution in [2.75, 3.05) is 6.61 Å². The van der Waals surface area contributed by atoms with Crippen molar-refractivity contribution in [3.05, 3.63) is 45.8 Å². The molecule has 1 N–H and O–H groups in total. The predicted octanol–water partition coefficient (Wildman–Crippen LogP) is 3.03. The third-order valence-electron chi connectivity index (χ3n) is 3.16. The maximum absolute atomic E-state index is 12.1. The number of esters is 1. The molecule has 0 spiro atoms. The van der Waals surface area contributed by atoms with E-state index in [-0.39, 0.29) is 23.5 Å². The van der Waals surface area contributed by atoms with Gasteiger partial charge in [0.2, 0.25) is 0 Å². The van der Waals surface area contributed by atoms with E-state index in [2.05, 4.69) is 0 Å². The number of phenolic OH excluding ortho intramolecular Hbond substituents is 1. The molecule has 0 saturated carbocycles. The number of aryl methyl sites for hydroxylation is 1. The van der Waals surface area contributed by atoms with Crippen LogP contribution in [0.1, 0.15) is 31.6 Å². The Morgan fingerprint density at radius 3 is 2.82 bits per heavy atom. The zero-order chi connectivity index (χ0) is 16.1.